The summed E-state index contributed by atoms with van der Waals surface area (Å²) in [6.07, 6.45) is 16.2. The molecule has 0 bridgehead atoms. The van der Waals surface area contributed by atoms with Gasteiger partial charge in [0.25, 0.3) is 0 Å². The Morgan fingerprint density at radius 1 is 0.839 bits per heavy atom. The largest absolute Gasteiger partial charge is 0.465 e. The molecule has 3 rings (SSSR count). The molecule has 0 saturated heterocycles. The van der Waals surface area contributed by atoms with Gasteiger partial charge in [0.2, 0.25) is 6.29 Å². The molecule has 2 aliphatic carbocycles. The van der Waals surface area contributed by atoms with Crippen LogP contribution in [0.3, 0.4) is 0 Å². The normalized spacial score (nSPS) is 21.2. The van der Waals surface area contributed by atoms with Crippen LogP contribution in [0.5, 0.6) is 5.75 Å². The van der Waals surface area contributed by atoms with Crippen LogP contribution in [-0.4, -0.2) is 12.4 Å². The Morgan fingerprint density at radius 2 is 1.35 bits per heavy atom. The zero-order valence-electron chi connectivity index (χ0n) is 21.0. The number of ether oxygens (including phenoxy) is 2. The average molecular weight is 429 g/mol. The molecule has 0 heterocycles. The van der Waals surface area contributed by atoms with Gasteiger partial charge in [0.05, 0.1) is 6.10 Å². The summed E-state index contributed by atoms with van der Waals surface area (Å²) in [4.78, 5) is 0. The molecular formula is C29H48O2. The standard InChI is InChI=1S/C29H48O2/c1-6-23(4)24-17-19-27(20-18-24)31-28(30-22(2)3)21-29(5,25-13-9-7-10-14-25)26-15-11-8-12-16-26/h17-20,22-23,25-26,28H,6-16,21H2,1-5H3. The van der Waals surface area contributed by atoms with Gasteiger partial charge in [-0.25, -0.2) is 0 Å². The van der Waals surface area contributed by atoms with Crippen molar-refractivity contribution in [2.24, 2.45) is 17.3 Å². The van der Waals surface area contributed by atoms with Crippen LogP contribution in [0.2, 0.25) is 0 Å². The lowest BCUT2D eigenvalue weighted by Gasteiger charge is -2.48. The predicted molar refractivity (Wildman–Crippen MR) is 132 cm³/mol. The highest BCUT2D eigenvalue weighted by molar-refractivity contribution is 5.29. The van der Waals surface area contributed by atoms with Crippen LogP contribution in [0.1, 0.15) is 123 Å². The van der Waals surface area contributed by atoms with Gasteiger partial charge < -0.3 is 9.47 Å². The molecule has 2 fully saturated rings. The predicted octanol–water partition coefficient (Wildman–Crippen LogP) is 8.89. The van der Waals surface area contributed by atoms with Crippen molar-refractivity contribution < 1.29 is 9.47 Å². The molecule has 0 aliphatic heterocycles. The quantitative estimate of drug-likeness (QED) is 0.346. The Balaban J connectivity index is 1.78. The van der Waals surface area contributed by atoms with E-state index in [-0.39, 0.29) is 12.4 Å². The first kappa shape index (κ1) is 24.6. The van der Waals surface area contributed by atoms with Gasteiger partial charge in [-0.3, -0.25) is 0 Å². The fourth-order valence-electron chi connectivity index (χ4n) is 6.23. The lowest BCUT2D eigenvalue weighted by molar-refractivity contribution is -0.146. The molecule has 2 aliphatic rings. The molecule has 1 aromatic rings. The fraction of sp³-hybridized carbons (Fsp3) is 0.793. The first-order chi connectivity index (χ1) is 14.9. The first-order valence-corrected chi connectivity index (χ1v) is 13.3. The zero-order chi connectivity index (χ0) is 22.3. The monoisotopic (exact) mass is 428 g/mol. The van der Waals surface area contributed by atoms with Crippen molar-refractivity contribution in [3.8, 4) is 5.75 Å². The third kappa shape index (κ3) is 6.73. The summed E-state index contributed by atoms with van der Waals surface area (Å²) >= 11 is 0. The van der Waals surface area contributed by atoms with E-state index < -0.39 is 0 Å². The van der Waals surface area contributed by atoms with Crippen LogP contribution >= 0.6 is 0 Å². The molecule has 0 aromatic heterocycles. The summed E-state index contributed by atoms with van der Waals surface area (Å²) in [6.45, 7) is 11.4. The van der Waals surface area contributed by atoms with E-state index in [2.05, 4.69) is 58.9 Å². The first-order valence-electron chi connectivity index (χ1n) is 13.3. The number of hydrogen-bond acceptors (Lipinski definition) is 2. The minimum Gasteiger partial charge on any atom is -0.465 e. The summed E-state index contributed by atoms with van der Waals surface area (Å²) < 4.78 is 13.0. The maximum absolute atomic E-state index is 6.55. The maximum Gasteiger partial charge on any atom is 0.200 e. The molecule has 2 saturated carbocycles. The topological polar surface area (TPSA) is 18.5 Å². The highest BCUT2D eigenvalue weighted by atomic mass is 16.7. The van der Waals surface area contributed by atoms with Gasteiger partial charge in [0, 0.05) is 6.42 Å². The van der Waals surface area contributed by atoms with Crippen LogP contribution in [0.15, 0.2) is 24.3 Å². The fourth-order valence-corrected chi connectivity index (χ4v) is 6.23. The SMILES string of the molecule is CCC(C)c1ccc(OC(CC(C)(C2CCCCC2)C2CCCCC2)OC(C)C)cc1. The van der Waals surface area contributed by atoms with Gasteiger partial charge in [0.15, 0.2) is 0 Å². The summed E-state index contributed by atoms with van der Waals surface area (Å²) in [7, 11) is 0. The van der Waals surface area contributed by atoms with Crippen molar-refractivity contribution in [3.63, 3.8) is 0 Å². The molecule has 176 valence electrons. The van der Waals surface area contributed by atoms with Crippen LogP contribution in [0.4, 0.5) is 0 Å². The van der Waals surface area contributed by atoms with Gasteiger partial charge in [0.1, 0.15) is 5.75 Å². The third-order valence-electron chi connectivity index (χ3n) is 8.44. The summed E-state index contributed by atoms with van der Waals surface area (Å²) in [5.74, 6) is 3.18. The van der Waals surface area contributed by atoms with Gasteiger partial charge in [-0.15, -0.1) is 0 Å². The van der Waals surface area contributed by atoms with E-state index in [0.29, 0.717) is 11.3 Å². The third-order valence-corrected chi connectivity index (χ3v) is 8.44. The van der Waals surface area contributed by atoms with Crippen LogP contribution in [0, 0.1) is 17.3 Å². The minimum absolute atomic E-state index is 0.164. The molecule has 2 heteroatoms. The van der Waals surface area contributed by atoms with Crippen LogP contribution < -0.4 is 4.74 Å². The Bertz CT molecular complexity index is 605. The highest BCUT2D eigenvalue weighted by Gasteiger charge is 2.44. The number of rotatable bonds is 10. The molecule has 31 heavy (non-hydrogen) atoms. The molecule has 2 atom stereocenters. The molecule has 0 spiro atoms. The smallest absolute Gasteiger partial charge is 0.200 e. The Morgan fingerprint density at radius 3 is 1.81 bits per heavy atom. The van der Waals surface area contributed by atoms with E-state index in [0.717, 1.165) is 24.0 Å². The lowest BCUT2D eigenvalue weighted by atomic mass is 9.58. The van der Waals surface area contributed by atoms with E-state index in [1.807, 2.05) is 0 Å². The molecule has 0 radical (unpaired) electrons. The second-order valence-electron chi connectivity index (χ2n) is 11.0. The van der Waals surface area contributed by atoms with Gasteiger partial charge in [-0.05, 0) is 86.8 Å². The number of hydrogen-bond donors (Lipinski definition) is 0. The maximum atomic E-state index is 6.55. The summed E-state index contributed by atoms with van der Waals surface area (Å²) in [5, 5.41) is 0. The summed E-state index contributed by atoms with van der Waals surface area (Å²) in [6, 6.07) is 8.77. The Kier molecular flexibility index (Phi) is 9.32. The van der Waals surface area contributed by atoms with E-state index >= 15 is 0 Å². The van der Waals surface area contributed by atoms with Gasteiger partial charge in [-0.2, -0.15) is 0 Å². The number of benzene rings is 1. The molecule has 2 unspecified atom stereocenters. The van der Waals surface area contributed by atoms with Gasteiger partial charge in [-0.1, -0.05) is 71.4 Å². The second-order valence-corrected chi connectivity index (χ2v) is 11.0. The van der Waals surface area contributed by atoms with E-state index in [4.69, 9.17) is 9.47 Å². The van der Waals surface area contributed by atoms with Crippen molar-refractivity contribution in [3.05, 3.63) is 29.8 Å². The Labute approximate surface area is 192 Å². The van der Waals surface area contributed by atoms with Crippen molar-refractivity contribution in [1.82, 2.24) is 0 Å². The van der Waals surface area contributed by atoms with E-state index in [1.165, 1.54) is 76.2 Å². The molecule has 1 aromatic carbocycles. The molecular weight excluding hydrogens is 380 g/mol. The summed E-state index contributed by atoms with van der Waals surface area (Å²) in [5.41, 5.74) is 1.71. The van der Waals surface area contributed by atoms with Crippen molar-refractivity contribution in [2.45, 2.75) is 130 Å². The van der Waals surface area contributed by atoms with Crippen molar-refractivity contribution >= 4 is 0 Å². The molecule has 2 nitrogen and oxygen atoms in total. The van der Waals surface area contributed by atoms with Crippen molar-refractivity contribution in [2.75, 3.05) is 0 Å². The second kappa shape index (κ2) is 11.7. The van der Waals surface area contributed by atoms with Crippen LogP contribution in [0.25, 0.3) is 0 Å². The minimum atomic E-state index is -0.164. The van der Waals surface area contributed by atoms with E-state index in [1.54, 1.807) is 0 Å². The van der Waals surface area contributed by atoms with Crippen molar-refractivity contribution in [1.29, 1.82) is 0 Å². The van der Waals surface area contributed by atoms with E-state index in [9.17, 15) is 0 Å². The molecule has 0 amide bonds. The zero-order valence-corrected chi connectivity index (χ0v) is 21.0. The highest BCUT2D eigenvalue weighted by Crippen LogP contribution is 2.51. The van der Waals surface area contributed by atoms with Gasteiger partial charge >= 0.3 is 0 Å². The van der Waals surface area contributed by atoms with Crippen LogP contribution in [-0.2, 0) is 4.74 Å². The molecule has 0 N–H and O–H groups in total. The lowest BCUT2D eigenvalue weighted by Crippen LogP contribution is -2.42. The Hall–Kier alpha value is -1.02. The average Bonchev–Trinajstić information content (AvgIpc) is 2.79.